The fourth-order valence-electron chi connectivity index (χ4n) is 6.45. The van der Waals surface area contributed by atoms with Gasteiger partial charge in [-0.1, -0.05) is 97.1 Å². The molecule has 1 aliphatic heterocycles. The molecule has 7 rings (SSSR count). The molecule has 1 aliphatic rings. The fraction of sp³-hybridized carbons (Fsp3) is 0.175. The largest absolute Gasteiger partial charge is 0.375 e. The molecule has 49 heavy (non-hydrogen) atoms. The minimum Gasteiger partial charge on any atom is -0.375 e. The van der Waals surface area contributed by atoms with E-state index < -0.39 is 22.2 Å². The number of rotatable bonds is 11. The standard InChI is InChI=1S/C40H33F3N4OS/c41-35-22-37(43)36(42)20-28(35)26-48-27-33-21-34(25-47(33)39-45-23-29(24-46-39)38-18-10-11-19-44-38)49-40(30-12-4-1-5-13-30,31-14-6-2-7-15-31)32-16-8-3-9-17-32/h1-20,22-24,33-34H,21,25-27H2/t33-,34+/m0/s1. The predicted molar refractivity (Wildman–Crippen MR) is 188 cm³/mol. The van der Waals surface area contributed by atoms with E-state index in [0.717, 1.165) is 34.0 Å². The molecule has 0 aliphatic carbocycles. The summed E-state index contributed by atoms with van der Waals surface area (Å²) in [7, 11) is 0. The summed E-state index contributed by atoms with van der Waals surface area (Å²) < 4.78 is 47.4. The zero-order valence-corrected chi connectivity index (χ0v) is 27.3. The van der Waals surface area contributed by atoms with Crippen LogP contribution in [0.5, 0.6) is 0 Å². The molecule has 3 heterocycles. The van der Waals surface area contributed by atoms with Gasteiger partial charge in [-0.05, 0) is 41.3 Å². The number of halogens is 3. The number of benzene rings is 4. The number of nitrogens with zero attached hydrogens (tertiary/aromatic N) is 4. The van der Waals surface area contributed by atoms with E-state index in [1.165, 1.54) is 0 Å². The van der Waals surface area contributed by atoms with Crippen LogP contribution >= 0.6 is 11.8 Å². The van der Waals surface area contributed by atoms with E-state index in [4.69, 9.17) is 14.7 Å². The molecular weight excluding hydrogens is 642 g/mol. The Bertz CT molecular complexity index is 1870. The van der Waals surface area contributed by atoms with Gasteiger partial charge in [0.15, 0.2) is 11.6 Å². The summed E-state index contributed by atoms with van der Waals surface area (Å²) in [5.41, 5.74) is 5.01. The number of thioether (sulfide) groups is 1. The average Bonchev–Trinajstić information content (AvgIpc) is 3.56. The molecule has 1 fully saturated rings. The third-order valence-corrected chi connectivity index (χ3v) is 10.5. The van der Waals surface area contributed by atoms with Gasteiger partial charge < -0.3 is 9.64 Å². The van der Waals surface area contributed by atoms with Gasteiger partial charge in [-0.25, -0.2) is 23.1 Å². The summed E-state index contributed by atoms with van der Waals surface area (Å²) in [6.45, 7) is 0.623. The molecule has 0 spiro atoms. The Kier molecular flexibility index (Phi) is 9.72. The Hall–Kier alpha value is -4.99. The Morgan fingerprint density at radius 1 is 0.694 bits per heavy atom. The van der Waals surface area contributed by atoms with Gasteiger partial charge in [0, 0.05) is 47.6 Å². The van der Waals surface area contributed by atoms with Gasteiger partial charge in [0.1, 0.15) is 5.82 Å². The van der Waals surface area contributed by atoms with Gasteiger partial charge in [0.2, 0.25) is 5.95 Å². The predicted octanol–water partition coefficient (Wildman–Crippen LogP) is 8.85. The topological polar surface area (TPSA) is 51.1 Å². The molecule has 4 aromatic carbocycles. The molecule has 5 nitrogen and oxygen atoms in total. The van der Waals surface area contributed by atoms with Crippen molar-refractivity contribution in [3.05, 3.63) is 180 Å². The lowest BCUT2D eigenvalue weighted by Gasteiger charge is -2.37. The molecule has 2 aromatic heterocycles. The lowest BCUT2D eigenvalue weighted by Crippen LogP contribution is -2.35. The average molecular weight is 675 g/mol. The highest BCUT2D eigenvalue weighted by atomic mass is 32.2. The first-order chi connectivity index (χ1) is 24.0. The van der Waals surface area contributed by atoms with E-state index in [9.17, 15) is 13.2 Å². The van der Waals surface area contributed by atoms with Crippen LogP contribution in [0, 0.1) is 17.5 Å². The van der Waals surface area contributed by atoms with Crippen LogP contribution in [-0.4, -0.2) is 39.4 Å². The third kappa shape index (κ3) is 6.95. The molecule has 0 unspecified atom stereocenters. The van der Waals surface area contributed by atoms with Crippen LogP contribution in [0.2, 0.25) is 0 Å². The van der Waals surface area contributed by atoms with Gasteiger partial charge in [-0.2, -0.15) is 0 Å². The minimum atomic E-state index is -1.23. The monoisotopic (exact) mass is 674 g/mol. The zero-order valence-electron chi connectivity index (χ0n) is 26.5. The number of anilines is 1. The van der Waals surface area contributed by atoms with Crippen LogP contribution in [0.4, 0.5) is 19.1 Å². The van der Waals surface area contributed by atoms with E-state index in [-0.39, 0.29) is 30.1 Å². The number of hydrogen-bond acceptors (Lipinski definition) is 6. The van der Waals surface area contributed by atoms with Gasteiger partial charge in [0.05, 0.1) is 29.7 Å². The molecule has 0 radical (unpaired) electrons. The van der Waals surface area contributed by atoms with Crippen LogP contribution < -0.4 is 4.90 Å². The van der Waals surface area contributed by atoms with Crippen LogP contribution in [0.1, 0.15) is 28.7 Å². The molecular formula is C40H33F3N4OS. The maximum absolute atomic E-state index is 14.5. The Morgan fingerprint density at radius 2 is 1.27 bits per heavy atom. The molecule has 0 N–H and O–H groups in total. The second-order valence-electron chi connectivity index (χ2n) is 11.9. The van der Waals surface area contributed by atoms with E-state index >= 15 is 0 Å². The number of hydrogen-bond donors (Lipinski definition) is 0. The normalized spacial score (nSPS) is 16.2. The Labute approximate surface area is 287 Å². The van der Waals surface area contributed by atoms with Crippen LogP contribution in [0.15, 0.2) is 140 Å². The molecule has 246 valence electrons. The molecule has 9 heteroatoms. The lowest BCUT2D eigenvalue weighted by molar-refractivity contribution is 0.106. The van der Waals surface area contributed by atoms with Crippen molar-refractivity contribution in [3.63, 3.8) is 0 Å². The van der Waals surface area contributed by atoms with E-state index in [1.54, 1.807) is 18.6 Å². The highest BCUT2D eigenvalue weighted by molar-refractivity contribution is 8.01. The van der Waals surface area contributed by atoms with Crippen molar-refractivity contribution in [1.82, 2.24) is 15.0 Å². The maximum atomic E-state index is 14.5. The quantitative estimate of drug-likeness (QED) is 0.101. The maximum Gasteiger partial charge on any atom is 0.225 e. The summed E-state index contributed by atoms with van der Waals surface area (Å²) in [6.07, 6.45) is 5.97. The summed E-state index contributed by atoms with van der Waals surface area (Å²) in [5, 5.41) is 0.0910. The molecule has 0 bridgehead atoms. The highest BCUT2D eigenvalue weighted by Crippen LogP contribution is 2.52. The third-order valence-electron chi connectivity index (χ3n) is 8.77. The van der Waals surface area contributed by atoms with Crippen molar-refractivity contribution in [3.8, 4) is 11.3 Å². The summed E-state index contributed by atoms with van der Waals surface area (Å²) in [4.78, 5) is 16.1. The summed E-state index contributed by atoms with van der Waals surface area (Å²) >= 11 is 1.88. The van der Waals surface area contributed by atoms with Crippen molar-refractivity contribution < 1.29 is 17.9 Å². The first-order valence-electron chi connectivity index (χ1n) is 16.1. The lowest BCUT2D eigenvalue weighted by atomic mass is 9.84. The molecule has 0 saturated carbocycles. The smallest absolute Gasteiger partial charge is 0.225 e. The first-order valence-corrected chi connectivity index (χ1v) is 16.9. The molecule has 0 amide bonds. The van der Waals surface area contributed by atoms with Gasteiger partial charge in [-0.15, -0.1) is 11.8 Å². The molecule has 6 aromatic rings. The number of ether oxygens (including phenoxy) is 1. The van der Waals surface area contributed by atoms with Crippen molar-refractivity contribution in [2.75, 3.05) is 18.1 Å². The van der Waals surface area contributed by atoms with Crippen LogP contribution in [-0.2, 0) is 16.1 Å². The minimum absolute atomic E-state index is 0.0402. The molecule has 1 saturated heterocycles. The van der Waals surface area contributed by atoms with Crippen LogP contribution in [0.3, 0.4) is 0 Å². The molecule has 2 atom stereocenters. The van der Waals surface area contributed by atoms with E-state index in [2.05, 4.69) is 82.7 Å². The van der Waals surface area contributed by atoms with Crippen LogP contribution in [0.25, 0.3) is 11.3 Å². The first kappa shape index (κ1) is 32.6. The second kappa shape index (κ2) is 14.6. The van der Waals surface area contributed by atoms with Crippen molar-refractivity contribution >= 4 is 17.7 Å². The summed E-state index contributed by atoms with van der Waals surface area (Å²) in [6, 6.07) is 38.5. The second-order valence-corrected chi connectivity index (χ2v) is 13.4. The summed E-state index contributed by atoms with van der Waals surface area (Å²) in [5.74, 6) is -2.64. The van der Waals surface area contributed by atoms with E-state index in [1.807, 2.05) is 48.2 Å². The SMILES string of the molecule is Fc1cc(F)c(COC[C@@H]2C[C@@H](SC(c3ccccc3)(c3ccccc3)c3ccccc3)CN2c2ncc(-c3ccccn3)cn2)cc1F. The van der Waals surface area contributed by atoms with Crippen molar-refractivity contribution in [1.29, 1.82) is 0 Å². The zero-order chi connectivity index (χ0) is 33.6. The van der Waals surface area contributed by atoms with Gasteiger partial charge in [-0.3, -0.25) is 4.98 Å². The van der Waals surface area contributed by atoms with Crippen molar-refractivity contribution in [2.45, 2.75) is 29.1 Å². The number of pyridine rings is 1. The fourth-order valence-corrected chi connectivity index (χ4v) is 8.32. The van der Waals surface area contributed by atoms with E-state index in [0.29, 0.717) is 25.0 Å². The number of aromatic nitrogens is 3. The van der Waals surface area contributed by atoms with Gasteiger partial charge >= 0.3 is 0 Å². The Morgan fingerprint density at radius 3 is 1.84 bits per heavy atom. The highest BCUT2D eigenvalue weighted by Gasteiger charge is 2.43. The Balaban J connectivity index is 1.22. The van der Waals surface area contributed by atoms with Crippen molar-refractivity contribution in [2.24, 2.45) is 0 Å². The van der Waals surface area contributed by atoms with Gasteiger partial charge in [0.25, 0.3) is 0 Å².